The average Bonchev–Trinajstić information content (AvgIpc) is 3.73. The molecule has 5 aromatic rings. The average molecular weight is 679 g/mol. The number of hydrogen-bond acceptors (Lipinski definition) is 6. The van der Waals surface area contributed by atoms with E-state index in [-0.39, 0.29) is 29.5 Å². The summed E-state index contributed by atoms with van der Waals surface area (Å²) in [6, 6.07) is 16.3. The number of benzene rings is 3. The van der Waals surface area contributed by atoms with E-state index < -0.39 is 12.3 Å². The number of anilines is 2. The van der Waals surface area contributed by atoms with E-state index in [0.29, 0.717) is 53.9 Å². The first-order valence-corrected chi connectivity index (χ1v) is 16.6. The van der Waals surface area contributed by atoms with Crippen LogP contribution in [0.15, 0.2) is 71.8 Å². The highest BCUT2D eigenvalue weighted by Crippen LogP contribution is 2.43. The zero-order valence-electron chi connectivity index (χ0n) is 28.0. The van der Waals surface area contributed by atoms with E-state index in [1.54, 1.807) is 58.7 Å². The molecule has 0 aliphatic carbocycles. The Balaban J connectivity index is 1.19. The lowest BCUT2D eigenvalue weighted by Gasteiger charge is -2.33. The number of aromatic nitrogens is 3. The van der Waals surface area contributed by atoms with E-state index in [0.717, 1.165) is 46.2 Å². The van der Waals surface area contributed by atoms with Crippen LogP contribution in [0, 0.1) is 6.92 Å². The van der Waals surface area contributed by atoms with Crippen molar-refractivity contribution in [3.8, 4) is 16.8 Å². The van der Waals surface area contributed by atoms with Crippen LogP contribution in [0.5, 0.6) is 0 Å². The van der Waals surface area contributed by atoms with Crippen molar-refractivity contribution >= 4 is 40.5 Å². The Morgan fingerprint density at radius 1 is 1.04 bits per heavy atom. The Kier molecular flexibility index (Phi) is 8.54. The van der Waals surface area contributed by atoms with Gasteiger partial charge < -0.3 is 14.4 Å². The molecule has 0 saturated carbocycles. The molecule has 256 valence electrons. The quantitative estimate of drug-likeness (QED) is 0.188. The number of fused-ring (bicyclic) bond motifs is 3. The van der Waals surface area contributed by atoms with Gasteiger partial charge in [-0.15, -0.1) is 0 Å². The lowest BCUT2D eigenvalue weighted by atomic mass is 9.92. The molecule has 0 radical (unpaired) electrons. The lowest BCUT2D eigenvalue weighted by Crippen LogP contribution is -2.34. The molecule has 2 aliphatic rings. The lowest BCUT2D eigenvalue weighted by molar-refractivity contribution is -0.125. The molecule has 7 rings (SSSR count). The maximum atomic E-state index is 14.8. The molecule has 0 saturated heterocycles. The third kappa shape index (κ3) is 5.74. The number of rotatable bonds is 9. The number of aryl methyl sites for hydroxylation is 3. The van der Waals surface area contributed by atoms with Crippen molar-refractivity contribution in [3.63, 3.8) is 0 Å². The number of hydrogen-bond donors (Lipinski definition) is 1. The zero-order chi connectivity index (χ0) is 35.3. The summed E-state index contributed by atoms with van der Waals surface area (Å²) in [7, 11) is 1.74. The molecule has 1 N–H and O–H groups in total. The van der Waals surface area contributed by atoms with Crippen molar-refractivity contribution in [2.45, 2.75) is 58.5 Å². The number of imide groups is 1. The van der Waals surface area contributed by atoms with Crippen molar-refractivity contribution < 1.29 is 23.2 Å². The number of nitrogens with zero attached hydrogens (tertiary/aromatic N) is 5. The Morgan fingerprint density at radius 3 is 2.64 bits per heavy atom. The van der Waals surface area contributed by atoms with Crippen molar-refractivity contribution in [3.05, 3.63) is 105 Å². The minimum absolute atomic E-state index is 0.0703. The summed E-state index contributed by atoms with van der Waals surface area (Å²) in [6.45, 7) is 4.66. The van der Waals surface area contributed by atoms with E-state index in [2.05, 4.69) is 15.3 Å². The fourth-order valence-electron chi connectivity index (χ4n) is 7.26. The first kappa shape index (κ1) is 32.9. The van der Waals surface area contributed by atoms with E-state index in [1.807, 2.05) is 43.3 Å². The van der Waals surface area contributed by atoms with E-state index in [9.17, 15) is 28.0 Å². The number of carbonyl (C=O) groups excluding carboxylic acids is 3. The van der Waals surface area contributed by atoms with Gasteiger partial charge in [0.05, 0.1) is 23.1 Å². The summed E-state index contributed by atoms with van der Waals surface area (Å²) in [5.74, 6) is -0.531. The van der Waals surface area contributed by atoms with Crippen LogP contribution in [0.1, 0.15) is 65.2 Å². The van der Waals surface area contributed by atoms with E-state index in [1.165, 1.54) is 0 Å². The third-order valence-corrected chi connectivity index (χ3v) is 9.94. The van der Waals surface area contributed by atoms with Gasteiger partial charge in [0.2, 0.25) is 12.3 Å². The van der Waals surface area contributed by atoms with Crippen molar-refractivity contribution in [2.75, 3.05) is 11.4 Å². The minimum Gasteiger partial charge on any atom is -0.341 e. The highest BCUT2D eigenvalue weighted by molar-refractivity contribution is 5.99. The van der Waals surface area contributed by atoms with Crippen LogP contribution in [0.25, 0.3) is 27.7 Å². The molecule has 4 heterocycles. The predicted molar refractivity (Wildman–Crippen MR) is 186 cm³/mol. The minimum atomic E-state index is -2.73. The number of alkyl halides is 2. The van der Waals surface area contributed by atoms with Crippen LogP contribution in [0.2, 0.25) is 0 Å². The Morgan fingerprint density at radius 2 is 1.86 bits per heavy atom. The highest BCUT2D eigenvalue weighted by Gasteiger charge is 2.31. The Labute approximate surface area is 286 Å². The van der Waals surface area contributed by atoms with Crippen LogP contribution in [0.4, 0.5) is 20.2 Å². The second-order valence-electron chi connectivity index (χ2n) is 13.0. The molecule has 0 spiro atoms. The Hall–Kier alpha value is -5.65. The maximum absolute atomic E-state index is 14.8. The topological polar surface area (TPSA) is 110 Å². The molecule has 2 aromatic heterocycles. The number of carbonyl (C=O) groups is 3. The maximum Gasteiger partial charge on any atom is 0.264 e. The molecule has 3 amide bonds. The van der Waals surface area contributed by atoms with Gasteiger partial charge >= 0.3 is 0 Å². The first-order valence-electron chi connectivity index (χ1n) is 16.6. The molecule has 10 nitrogen and oxygen atoms in total. The third-order valence-electron chi connectivity index (χ3n) is 9.94. The second kappa shape index (κ2) is 13.0. The molecule has 50 heavy (non-hydrogen) atoms. The predicted octanol–water partition coefficient (Wildman–Crippen LogP) is 6.12. The fourth-order valence-corrected chi connectivity index (χ4v) is 7.26. The van der Waals surface area contributed by atoms with Gasteiger partial charge in [0, 0.05) is 72.1 Å². The smallest absolute Gasteiger partial charge is 0.264 e. The van der Waals surface area contributed by atoms with E-state index in [4.69, 9.17) is 0 Å². The van der Waals surface area contributed by atoms with Crippen LogP contribution in [0.3, 0.4) is 0 Å². The molecular formula is C38H36F2N6O4. The first-order chi connectivity index (χ1) is 24.0. The summed E-state index contributed by atoms with van der Waals surface area (Å²) in [6.07, 6.45) is 3.01. The number of halogens is 2. The van der Waals surface area contributed by atoms with Crippen LogP contribution >= 0.6 is 0 Å². The van der Waals surface area contributed by atoms with Gasteiger partial charge in [0.1, 0.15) is 0 Å². The molecule has 3 aromatic carbocycles. The molecule has 12 heteroatoms. The van der Waals surface area contributed by atoms with Crippen molar-refractivity contribution in [1.29, 1.82) is 0 Å². The van der Waals surface area contributed by atoms with Gasteiger partial charge in [-0.2, -0.15) is 5.10 Å². The normalized spacial score (nSPS) is 14.6. The highest BCUT2D eigenvalue weighted by atomic mass is 19.3. The SMILES string of the molecule is Cc1cc2c(N3CCCc4cc(-c5cnn(-c6ccc7c(c6)CN(C(C)CCC(=O)NC=O)C7=O)c5)c(C(F)F)cc43)cccc2n(C)c1=O. The summed E-state index contributed by atoms with van der Waals surface area (Å²) >= 11 is 0. The van der Waals surface area contributed by atoms with Gasteiger partial charge in [-0.3, -0.25) is 24.5 Å². The summed E-state index contributed by atoms with van der Waals surface area (Å²) in [5.41, 5.74) is 6.81. The van der Waals surface area contributed by atoms with E-state index >= 15 is 0 Å². The molecule has 0 bridgehead atoms. The molecule has 2 aliphatic heterocycles. The molecule has 1 unspecified atom stereocenters. The molecule has 0 fully saturated rings. The monoisotopic (exact) mass is 678 g/mol. The van der Waals surface area contributed by atoms with Gasteiger partial charge in [-0.1, -0.05) is 6.07 Å². The fraction of sp³-hybridized carbons (Fsp3) is 0.289. The molecular weight excluding hydrogens is 642 g/mol. The zero-order valence-corrected chi connectivity index (χ0v) is 28.0. The summed E-state index contributed by atoms with van der Waals surface area (Å²) in [5, 5.41) is 7.53. The largest absolute Gasteiger partial charge is 0.341 e. The van der Waals surface area contributed by atoms with Crippen molar-refractivity contribution in [2.24, 2.45) is 7.05 Å². The second-order valence-corrected chi connectivity index (χ2v) is 13.0. The van der Waals surface area contributed by atoms with Gasteiger partial charge in [-0.25, -0.2) is 13.5 Å². The van der Waals surface area contributed by atoms with Gasteiger partial charge in [0.25, 0.3) is 17.9 Å². The summed E-state index contributed by atoms with van der Waals surface area (Å²) in [4.78, 5) is 51.8. The molecule has 1 atom stereocenters. The Bertz CT molecular complexity index is 2240. The number of amides is 3. The summed E-state index contributed by atoms with van der Waals surface area (Å²) < 4.78 is 32.9. The number of nitrogens with one attached hydrogen (secondary N) is 1. The standard InChI is InChI=1S/C38H36F2N6O4/c1-22-14-31-32(43(3)37(22)49)7-4-8-33(31)44-13-5-6-24-16-29(30(36(39)40)17-34(24)44)26-18-42-46(20-26)27-10-11-28-25(15-27)19-45(38(28)50)23(2)9-12-35(48)41-21-47/h4,7-8,10-11,14-18,20-21,23,36H,5-6,9,12-13,19H2,1-3H3,(H,41,47,48). The van der Waals surface area contributed by atoms with Crippen molar-refractivity contribution in [1.82, 2.24) is 24.6 Å². The van der Waals surface area contributed by atoms with Gasteiger partial charge in [-0.05, 0) is 98.3 Å². The van der Waals surface area contributed by atoms with Crippen LogP contribution in [-0.2, 0) is 29.6 Å². The van der Waals surface area contributed by atoms with Crippen LogP contribution < -0.4 is 15.8 Å². The van der Waals surface area contributed by atoms with Crippen LogP contribution in [-0.4, -0.2) is 50.1 Å². The number of pyridine rings is 1. The van der Waals surface area contributed by atoms with Gasteiger partial charge in [0.15, 0.2) is 0 Å².